The number of carbonyl (C=O) groups excluding carboxylic acids is 1. The van der Waals surface area contributed by atoms with Gasteiger partial charge in [0, 0.05) is 28.7 Å². The Kier molecular flexibility index (Phi) is 4.66. The molecule has 1 aliphatic rings. The van der Waals surface area contributed by atoms with Crippen molar-refractivity contribution in [3.63, 3.8) is 0 Å². The molecule has 1 aliphatic heterocycles. The first-order valence-corrected chi connectivity index (χ1v) is 8.83. The molecule has 3 aromatic carbocycles. The molecule has 3 aromatic rings. The summed E-state index contributed by atoms with van der Waals surface area (Å²) in [5.74, 6) is 1.40. The van der Waals surface area contributed by atoms with Gasteiger partial charge in [-0.05, 0) is 55.0 Å². The first kappa shape index (κ1) is 17.0. The van der Waals surface area contributed by atoms with Crippen molar-refractivity contribution in [1.82, 2.24) is 0 Å². The Morgan fingerprint density at radius 2 is 1.48 bits per heavy atom. The maximum Gasteiger partial charge on any atom is 0.255 e. The lowest BCUT2D eigenvalue weighted by atomic mass is 10.1. The molecule has 0 spiro atoms. The van der Waals surface area contributed by atoms with Gasteiger partial charge in [0.05, 0.1) is 0 Å². The highest BCUT2D eigenvalue weighted by Gasteiger charge is 2.12. The van der Waals surface area contributed by atoms with Crippen molar-refractivity contribution in [2.45, 2.75) is 6.92 Å². The highest BCUT2D eigenvalue weighted by molar-refractivity contribution is 6.05. The average molecular weight is 360 g/mol. The van der Waals surface area contributed by atoms with Crippen molar-refractivity contribution >= 4 is 23.0 Å². The molecule has 5 nitrogen and oxygen atoms in total. The first-order chi connectivity index (χ1) is 13.2. The van der Waals surface area contributed by atoms with Gasteiger partial charge in [0.25, 0.3) is 5.91 Å². The van der Waals surface area contributed by atoms with Crippen molar-refractivity contribution < 1.29 is 14.3 Å². The van der Waals surface area contributed by atoms with Crippen molar-refractivity contribution in [1.29, 1.82) is 0 Å². The molecule has 1 heterocycles. The van der Waals surface area contributed by atoms with Crippen LogP contribution in [-0.4, -0.2) is 19.1 Å². The molecular formula is C22H20N2O3. The van der Waals surface area contributed by atoms with Crippen molar-refractivity contribution in [3.05, 3.63) is 77.9 Å². The highest BCUT2D eigenvalue weighted by Crippen LogP contribution is 2.33. The number of nitrogens with one attached hydrogen (secondary N) is 2. The zero-order valence-electron chi connectivity index (χ0n) is 15.0. The minimum Gasteiger partial charge on any atom is -0.486 e. The SMILES string of the molecule is Cc1ccccc1C(=O)Nc1ccc(Nc2ccc3c(c2)OCCO3)cc1. The molecule has 0 atom stereocenters. The quantitative estimate of drug-likeness (QED) is 0.704. The van der Waals surface area contributed by atoms with Crippen molar-refractivity contribution in [2.24, 2.45) is 0 Å². The van der Waals surface area contributed by atoms with Crippen LogP contribution >= 0.6 is 0 Å². The maximum atomic E-state index is 12.4. The average Bonchev–Trinajstić information content (AvgIpc) is 2.70. The van der Waals surface area contributed by atoms with Crippen LogP contribution in [0.15, 0.2) is 66.7 Å². The topological polar surface area (TPSA) is 59.6 Å². The number of aryl methyl sites for hydroxylation is 1. The number of benzene rings is 3. The molecule has 0 radical (unpaired) electrons. The third-order valence-electron chi connectivity index (χ3n) is 4.36. The summed E-state index contributed by atoms with van der Waals surface area (Å²) in [5.41, 5.74) is 4.20. The largest absolute Gasteiger partial charge is 0.486 e. The van der Waals surface area contributed by atoms with Gasteiger partial charge in [0.1, 0.15) is 13.2 Å². The highest BCUT2D eigenvalue weighted by atomic mass is 16.6. The van der Waals surface area contributed by atoms with E-state index < -0.39 is 0 Å². The van der Waals surface area contributed by atoms with E-state index in [0.717, 1.165) is 34.1 Å². The predicted octanol–water partition coefficient (Wildman–Crippen LogP) is 4.76. The first-order valence-electron chi connectivity index (χ1n) is 8.83. The summed E-state index contributed by atoms with van der Waals surface area (Å²) in [4.78, 5) is 12.4. The minimum absolute atomic E-state index is 0.111. The molecule has 0 unspecified atom stereocenters. The van der Waals surface area contributed by atoms with Crippen LogP contribution in [0.3, 0.4) is 0 Å². The number of hydrogen-bond donors (Lipinski definition) is 2. The molecule has 2 N–H and O–H groups in total. The van der Waals surface area contributed by atoms with Crippen LogP contribution in [-0.2, 0) is 0 Å². The lowest BCUT2D eigenvalue weighted by Crippen LogP contribution is -2.15. The molecule has 0 aliphatic carbocycles. The fraction of sp³-hybridized carbons (Fsp3) is 0.136. The van der Waals surface area contributed by atoms with Gasteiger partial charge in [-0.3, -0.25) is 4.79 Å². The Labute approximate surface area is 157 Å². The van der Waals surface area contributed by atoms with Gasteiger partial charge >= 0.3 is 0 Å². The molecule has 0 saturated carbocycles. The minimum atomic E-state index is -0.111. The van der Waals surface area contributed by atoms with Gasteiger partial charge in [-0.1, -0.05) is 18.2 Å². The molecule has 27 heavy (non-hydrogen) atoms. The molecule has 0 aromatic heterocycles. The second-order valence-corrected chi connectivity index (χ2v) is 6.33. The summed E-state index contributed by atoms with van der Waals surface area (Å²) in [6.45, 7) is 3.07. The Bertz CT molecular complexity index is 968. The van der Waals surface area contributed by atoms with Crippen LogP contribution < -0.4 is 20.1 Å². The monoisotopic (exact) mass is 360 g/mol. The fourth-order valence-electron chi connectivity index (χ4n) is 2.95. The normalized spacial score (nSPS) is 12.3. The number of carbonyl (C=O) groups is 1. The molecule has 0 fully saturated rings. The number of amides is 1. The van der Waals surface area contributed by atoms with E-state index >= 15 is 0 Å². The smallest absolute Gasteiger partial charge is 0.255 e. The number of anilines is 3. The van der Waals surface area contributed by atoms with Crippen LogP contribution in [0.5, 0.6) is 11.5 Å². The Balaban J connectivity index is 1.43. The standard InChI is InChI=1S/C22H20N2O3/c1-15-4-2-3-5-19(15)22(25)24-17-8-6-16(7-9-17)23-18-10-11-20-21(14-18)27-13-12-26-20/h2-11,14,23H,12-13H2,1H3,(H,24,25). The van der Waals surface area contributed by atoms with E-state index in [1.165, 1.54) is 0 Å². The molecule has 136 valence electrons. The third kappa shape index (κ3) is 3.87. The van der Waals surface area contributed by atoms with E-state index in [9.17, 15) is 4.79 Å². The number of hydrogen-bond acceptors (Lipinski definition) is 4. The molecule has 5 heteroatoms. The lowest BCUT2D eigenvalue weighted by molar-refractivity contribution is 0.102. The van der Waals surface area contributed by atoms with E-state index in [-0.39, 0.29) is 5.91 Å². The van der Waals surface area contributed by atoms with Gasteiger partial charge in [-0.15, -0.1) is 0 Å². The fourth-order valence-corrected chi connectivity index (χ4v) is 2.95. The predicted molar refractivity (Wildman–Crippen MR) is 106 cm³/mol. The number of ether oxygens (including phenoxy) is 2. The van der Waals surface area contributed by atoms with Gasteiger partial charge in [-0.25, -0.2) is 0 Å². The zero-order chi connectivity index (χ0) is 18.6. The van der Waals surface area contributed by atoms with Gasteiger partial charge in [0.15, 0.2) is 11.5 Å². The lowest BCUT2D eigenvalue weighted by Gasteiger charge is -2.19. The van der Waals surface area contributed by atoms with E-state index in [2.05, 4.69) is 10.6 Å². The summed E-state index contributed by atoms with van der Waals surface area (Å²) < 4.78 is 11.1. The van der Waals surface area contributed by atoms with Crippen molar-refractivity contribution in [3.8, 4) is 11.5 Å². The molecule has 0 saturated heterocycles. The second-order valence-electron chi connectivity index (χ2n) is 6.33. The Morgan fingerprint density at radius 1 is 0.815 bits per heavy atom. The van der Waals surface area contributed by atoms with Crippen LogP contribution in [0.2, 0.25) is 0 Å². The number of rotatable bonds is 4. The van der Waals surface area contributed by atoms with Crippen LogP contribution in [0.1, 0.15) is 15.9 Å². The van der Waals surface area contributed by atoms with Crippen LogP contribution in [0.25, 0.3) is 0 Å². The summed E-state index contributed by atoms with van der Waals surface area (Å²) >= 11 is 0. The van der Waals surface area contributed by atoms with Crippen LogP contribution in [0, 0.1) is 6.92 Å². The summed E-state index contributed by atoms with van der Waals surface area (Å²) in [7, 11) is 0. The number of fused-ring (bicyclic) bond motifs is 1. The summed E-state index contributed by atoms with van der Waals surface area (Å²) in [6.07, 6.45) is 0. The summed E-state index contributed by atoms with van der Waals surface area (Å²) in [6, 6.07) is 20.9. The molecular weight excluding hydrogens is 340 g/mol. The van der Waals surface area contributed by atoms with E-state index in [1.807, 2.05) is 73.7 Å². The van der Waals surface area contributed by atoms with Gasteiger partial charge in [-0.2, -0.15) is 0 Å². The molecule has 4 rings (SSSR count). The summed E-state index contributed by atoms with van der Waals surface area (Å²) in [5, 5.41) is 6.25. The van der Waals surface area contributed by atoms with E-state index in [0.29, 0.717) is 18.8 Å². The van der Waals surface area contributed by atoms with Gasteiger partial charge < -0.3 is 20.1 Å². The Morgan fingerprint density at radius 3 is 2.26 bits per heavy atom. The Hall–Kier alpha value is -3.47. The second kappa shape index (κ2) is 7.41. The maximum absolute atomic E-state index is 12.4. The van der Waals surface area contributed by atoms with E-state index in [1.54, 1.807) is 0 Å². The molecule has 0 bridgehead atoms. The third-order valence-corrected chi connectivity index (χ3v) is 4.36. The van der Waals surface area contributed by atoms with Crippen molar-refractivity contribution in [2.75, 3.05) is 23.8 Å². The van der Waals surface area contributed by atoms with E-state index in [4.69, 9.17) is 9.47 Å². The van der Waals surface area contributed by atoms with Gasteiger partial charge in [0.2, 0.25) is 0 Å². The van der Waals surface area contributed by atoms with Crippen LogP contribution in [0.4, 0.5) is 17.1 Å². The molecule has 1 amide bonds. The zero-order valence-corrected chi connectivity index (χ0v) is 15.0.